The second-order valence-electron chi connectivity index (χ2n) is 6.52. The maximum atomic E-state index is 6.52. The van der Waals surface area contributed by atoms with Crippen molar-refractivity contribution in [1.29, 1.82) is 0 Å². The number of ether oxygens (including phenoxy) is 2. The predicted molar refractivity (Wildman–Crippen MR) is 80.4 cm³/mol. The van der Waals surface area contributed by atoms with Gasteiger partial charge >= 0.3 is 0 Å². The molecular weight excluding hydrogens is 238 g/mol. The second kappa shape index (κ2) is 7.61. The fourth-order valence-electron chi connectivity index (χ4n) is 3.10. The molecule has 1 atom stereocenters. The van der Waals surface area contributed by atoms with Gasteiger partial charge in [-0.25, -0.2) is 0 Å². The van der Waals surface area contributed by atoms with E-state index in [4.69, 9.17) is 15.2 Å². The smallest absolute Gasteiger partial charge is 0.0832 e. The van der Waals surface area contributed by atoms with Gasteiger partial charge in [-0.2, -0.15) is 0 Å². The number of hydrogen-bond donors (Lipinski definition) is 1. The van der Waals surface area contributed by atoms with Crippen LogP contribution in [0.1, 0.15) is 72.1 Å². The molecule has 3 nitrogen and oxygen atoms in total. The van der Waals surface area contributed by atoms with Crippen LogP contribution in [0.3, 0.4) is 0 Å². The lowest BCUT2D eigenvalue weighted by molar-refractivity contribution is -0.0754. The molecular formula is C16H33NO2. The van der Waals surface area contributed by atoms with Crippen LogP contribution in [-0.2, 0) is 9.47 Å². The predicted octanol–water partition coefficient (Wildman–Crippen LogP) is 3.65. The summed E-state index contributed by atoms with van der Waals surface area (Å²) in [5.74, 6) is 0. The molecule has 114 valence electrons. The van der Waals surface area contributed by atoms with E-state index in [1.807, 2.05) is 0 Å². The van der Waals surface area contributed by atoms with Gasteiger partial charge in [-0.15, -0.1) is 0 Å². The molecule has 1 saturated carbocycles. The van der Waals surface area contributed by atoms with Crippen molar-refractivity contribution in [3.8, 4) is 0 Å². The Kier molecular flexibility index (Phi) is 6.78. The molecule has 0 bridgehead atoms. The molecule has 0 aromatic carbocycles. The number of rotatable bonds is 7. The van der Waals surface area contributed by atoms with Crippen LogP contribution in [0, 0.1) is 0 Å². The van der Waals surface area contributed by atoms with E-state index < -0.39 is 0 Å². The number of nitrogens with two attached hydrogens (primary N) is 1. The van der Waals surface area contributed by atoms with Gasteiger partial charge in [0.05, 0.1) is 11.2 Å². The van der Waals surface area contributed by atoms with Gasteiger partial charge in [-0.3, -0.25) is 0 Å². The molecule has 0 aliphatic heterocycles. The van der Waals surface area contributed by atoms with E-state index in [-0.39, 0.29) is 17.2 Å². The highest BCUT2D eigenvalue weighted by Crippen LogP contribution is 2.35. The molecule has 19 heavy (non-hydrogen) atoms. The fraction of sp³-hybridized carbons (Fsp3) is 1.00. The lowest BCUT2D eigenvalue weighted by Crippen LogP contribution is -2.50. The van der Waals surface area contributed by atoms with Crippen LogP contribution < -0.4 is 5.73 Å². The van der Waals surface area contributed by atoms with Crippen molar-refractivity contribution in [2.45, 2.75) is 89.4 Å². The standard InChI is InChI=1S/C16H33NO2/c1-5-19-16(11-8-6-7-9-12-16)14(17)10-13-15(2,3)18-4/h14H,5-13,17H2,1-4H3. The summed E-state index contributed by atoms with van der Waals surface area (Å²) in [6.07, 6.45) is 9.35. The Hall–Kier alpha value is -0.120. The first-order chi connectivity index (χ1) is 8.96. The second-order valence-corrected chi connectivity index (χ2v) is 6.52. The van der Waals surface area contributed by atoms with Crippen molar-refractivity contribution >= 4 is 0 Å². The van der Waals surface area contributed by atoms with Crippen LogP contribution in [-0.4, -0.2) is 31.0 Å². The summed E-state index contributed by atoms with van der Waals surface area (Å²) in [5.41, 5.74) is 6.34. The van der Waals surface area contributed by atoms with E-state index in [2.05, 4.69) is 20.8 Å². The van der Waals surface area contributed by atoms with E-state index in [0.717, 1.165) is 32.3 Å². The Balaban J connectivity index is 2.63. The van der Waals surface area contributed by atoms with Crippen molar-refractivity contribution in [2.24, 2.45) is 5.73 Å². The molecule has 1 fully saturated rings. The van der Waals surface area contributed by atoms with Crippen LogP contribution in [0.4, 0.5) is 0 Å². The minimum Gasteiger partial charge on any atom is -0.379 e. The number of methoxy groups -OCH3 is 1. The first-order valence-electron chi connectivity index (χ1n) is 7.90. The lowest BCUT2D eigenvalue weighted by Gasteiger charge is -2.39. The van der Waals surface area contributed by atoms with Gasteiger partial charge in [0.2, 0.25) is 0 Å². The zero-order valence-electron chi connectivity index (χ0n) is 13.3. The van der Waals surface area contributed by atoms with Crippen molar-refractivity contribution in [1.82, 2.24) is 0 Å². The van der Waals surface area contributed by atoms with Gasteiger partial charge in [-0.05, 0) is 46.5 Å². The molecule has 0 aromatic rings. The largest absolute Gasteiger partial charge is 0.379 e. The summed E-state index contributed by atoms with van der Waals surface area (Å²) < 4.78 is 11.6. The quantitative estimate of drug-likeness (QED) is 0.719. The molecule has 0 spiro atoms. The molecule has 1 unspecified atom stereocenters. The van der Waals surface area contributed by atoms with Gasteiger partial charge < -0.3 is 15.2 Å². The minimum absolute atomic E-state index is 0.0875. The summed E-state index contributed by atoms with van der Waals surface area (Å²) in [4.78, 5) is 0. The van der Waals surface area contributed by atoms with Crippen molar-refractivity contribution in [2.75, 3.05) is 13.7 Å². The molecule has 3 heteroatoms. The lowest BCUT2D eigenvalue weighted by atomic mass is 9.82. The Morgan fingerprint density at radius 3 is 2.21 bits per heavy atom. The third-order valence-electron chi connectivity index (χ3n) is 4.67. The zero-order valence-corrected chi connectivity index (χ0v) is 13.3. The van der Waals surface area contributed by atoms with E-state index in [1.54, 1.807) is 7.11 Å². The van der Waals surface area contributed by atoms with Gasteiger partial charge in [0, 0.05) is 19.8 Å². The van der Waals surface area contributed by atoms with Gasteiger partial charge in [0.25, 0.3) is 0 Å². The molecule has 2 N–H and O–H groups in total. The van der Waals surface area contributed by atoms with E-state index >= 15 is 0 Å². The highest BCUT2D eigenvalue weighted by molar-refractivity contribution is 4.93. The minimum atomic E-state index is -0.0882. The molecule has 0 heterocycles. The number of hydrogen-bond acceptors (Lipinski definition) is 3. The average molecular weight is 271 g/mol. The zero-order chi connectivity index (χ0) is 14.4. The third kappa shape index (κ3) is 5.05. The first kappa shape index (κ1) is 16.9. The Labute approximate surface area is 119 Å². The van der Waals surface area contributed by atoms with Crippen LogP contribution in [0.5, 0.6) is 0 Å². The Morgan fingerprint density at radius 2 is 1.74 bits per heavy atom. The summed E-state index contributed by atoms with van der Waals surface area (Å²) in [6.45, 7) is 7.10. The summed E-state index contributed by atoms with van der Waals surface area (Å²) in [5, 5.41) is 0. The van der Waals surface area contributed by atoms with Crippen LogP contribution in [0.15, 0.2) is 0 Å². The highest BCUT2D eigenvalue weighted by atomic mass is 16.5. The van der Waals surface area contributed by atoms with Crippen molar-refractivity contribution in [3.05, 3.63) is 0 Å². The maximum Gasteiger partial charge on any atom is 0.0832 e. The Bertz CT molecular complexity index is 245. The normalized spacial score (nSPS) is 21.9. The topological polar surface area (TPSA) is 44.5 Å². The summed E-state index contributed by atoms with van der Waals surface area (Å²) in [6, 6.07) is 0.125. The molecule has 1 aliphatic carbocycles. The highest BCUT2D eigenvalue weighted by Gasteiger charge is 2.38. The van der Waals surface area contributed by atoms with E-state index in [1.165, 1.54) is 25.7 Å². The van der Waals surface area contributed by atoms with Gasteiger partial charge in [0.15, 0.2) is 0 Å². The maximum absolute atomic E-state index is 6.52. The monoisotopic (exact) mass is 271 g/mol. The van der Waals surface area contributed by atoms with Gasteiger partial charge in [0.1, 0.15) is 0 Å². The third-order valence-corrected chi connectivity index (χ3v) is 4.67. The Morgan fingerprint density at radius 1 is 1.16 bits per heavy atom. The van der Waals surface area contributed by atoms with E-state index in [0.29, 0.717) is 0 Å². The van der Waals surface area contributed by atoms with Crippen molar-refractivity contribution in [3.63, 3.8) is 0 Å². The molecule has 0 aromatic heterocycles. The van der Waals surface area contributed by atoms with Gasteiger partial charge in [-0.1, -0.05) is 25.7 Å². The molecule has 0 saturated heterocycles. The van der Waals surface area contributed by atoms with Crippen LogP contribution in [0.25, 0.3) is 0 Å². The molecule has 0 amide bonds. The SMILES string of the molecule is CCOC1(C(N)CCC(C)(C)OC)CCCCCC1. The van der Waals surface area contributed by atoms with Crippen molar-refractivity contribution < 1.29 is 9.47 Å². The van der Waals surface area contributed by atoms with Crippen LogP contribution >= 0.6 is 0 Å². The summed E-state index contributed by atoms with van der Waals surface area (Å²) >= 11 is 0. The van der Waals surface area contributed by atoms with Crippen LogP contribution in [0.2, 0.25) is 0 Å². The fourth-order valence-corrected chi connectivity index (χ4v) is 3.10. The molecule has 0 radical (unpaired) electrons. The summed E-state index contributed by atoms with van der Waals surface area (Å²) in [7, 11) is 1.77. The molecule has 1 aliphatic rings. The van der Waals surface area contributed by atoms with E-state index in [9.17, 15) is 0 Å². The molecule has 1 rings (SSSR count). The first-order valence-corrected chi connectivity index (χ1v) is 7.90. The average Bonchev–Trinajstić information content (AvgIpc) is 2.63.